The topological polar surface area (TPSA) is 75.4 Å². The lowest BCUT2D eigenvalue weighted by Gasteiger charge is -2.27. The Kier molecular flexibility index (Phi) is 5.25. The summed E-state index contributed by atoms with van der Waals surface area (Å²) in [5, 5.41) is 24.4. The first-order chi connectivity index (χ1) is 10.0. The van der Waals surface area contributed by atoms with Crippen molar-refractivity contribution in [3.63, 3.8) is 0 Å². The fraction of sp³-hybridized carbons (Fsp3) is 0.600. The molecule has 0 bridgehead atoms. The molecule has 0 heterocycles. The molecule has 0 amide bonds. The van der Waals surface area contributed by atoms with Gasteiger partial charge in [-0.25, -0.2) is 4.39 Å². The molecule has 1 aromatic rings. The molecule has 0 atom stereocenters. The summed E-state index contributed by atoms with van der Waals surface area (Å²) in [5.41, 5.74) is -0.549. The van der Waals surface area contributed by atoms with E-state index in [1.165, 1.54) is 12.1 Å². The van der Waals surface area contributed by atoms with Crippen molar-refractivity contribution < 1.29 is 14.4 Å². The zero-order valence-corrected chi connectivity index (χ0v) is 12.0. The van der Waals surface area contributed by atoms with Gasteiger partial charge < -0.3 is 10.4 Å². The Bertz CT molecular complexity index is 500. The zero-order chi connectivity index (χ0) is 15.3. The number of benzene rings is 1. The number of nitrogens with one attached hydrogen (secondary N) is 1. The van der Waals surface area contributed by atoms with Gasteiger partial charge in [0.05, 0.1) is 10.5 Å². The molecule has 0 aromatic heterocycles. The van der Waals surface area contributed by atoms with Crippen LogP contribution in [0.5, 0.6) is 0 Å². The molecule has 0 saturated heterocycles. The van der Waals surface area contributed by atoms with E-state index in [1.807, 2.05) is 0 Å². The van der Waals surface area contributed by atoms with Crippen LogP contribution in [0.3, 0.4) is 0 Å². The Hall–Kier alpha value is -1.53. The van der Waals surface area contributed by atoms with Gasteiger partial charge in [0.15, 0.2) is 0 Å². The summed E-state index contributed by atoms with van der Waals surface area (Å²) < 4.78 is 13.2. The van der Waals surface area contributed by atoms with Crippen LogP contribution in [0.15, 0.2) is 18.2 Å². The van der Waals surface area contributed by atoms with E-state index < -0.39 is 16.3 Å². The lowest BCUT2D eigenvalue weighted by atomic mass is 9.94. The normalized spacial score (nSPS) is 18.2. The van der Waals surface area contributed by atoms with Gasteiger partial charge in [-0.2, -0.15) is 0 Å². The van der Waals surface area contributed by atoms with Crippen LogP contribution in [0.4, 0.5) is 10.1 Å². The molecule has 2 rings (SSSR count). The first kappa shape index (κ1) is 15.9. The standard InChI is InChI=1S/C15H21FN2O3/c16-13-5-6-14(18(20)21)12(9-13)10-17-11-15(19)7-3-1-2-4-8-15/h5-6,9,17,19H,1-4,7-8,10-11H2. The second kappa shape index (κ2) is 6.95. The summed E-state index contributed by atoms with van der Waals surface area (Å²) in [6, 6.07) is 3.43. The Balaban J connectivity index is 1.96. The average Bonchev–Trinajstić information content (AvgIpc) is 2.63. The summed E-state index contributed by atoms with van der Waals surface area (Å²) >= 11 is 0. The van der Waals surface area contributed by atoms with Crippen LogP contribution in [0.2, 0.25) is 0 Å². The van der Waals surface area contributed by atoms with Crippen LogP contribution in [0, 0.1) is 15.9 Å². The largest absolute Gasteiger partial charge is 0.389 e. The van der Waals surface area contributed by atoms with Gasteiger partial charge in [-0.05, 0) is 25.0 Å². The van der Waals surface area contributed by atoms with E-state index in [1.54, 1.807) is 0 Å². The van der Waals surface area contributed by atoms with Gasteiger partial charge >= 0.3 is 0 Å². The van der Waals surface area contributed by atoms with Crippen LogP contribution in [-0.2, 0) is 6.54 Å². The molecule has 1 aliphatic rings. The number of nitro groups is 1. The van der Waals surface area contributed by atoms with Gasteiger partial charge in [-0.15, -0.1) is 0 Å². The van der Waals surface area contributed by atoms with Gasteiger partial charge in [-0.1, -0.05) is 25.7 Å². The maximum Gasteiger partial charge on any atom is 0.274 e. The maximum absolute atomic E-state index is 13.2. The zero-order valence-electron chi connectivity index (χ0n) is 12.0. The molecule has 116 valence electrons. The van der Waals surface area contributed by atoms with Crippen molar-refractivity contribution in [2.75, 3.05) is 6.54 Å². The second-order valence-corrected chi connectivity index (χ2v) is 5.77. The molecular weight excluding hydrogens is 275 g/mol. The number of hydrogen-bond acceptors (Lipinski definition) is 4. The van der Waals surface area contributed by atoms with Crippen molar-refractivity contribution >= 4 is 5.69 Å². The maximum atomic E-state index is 13.2. The van der Waals surface area contributed by atoms with Crippen molar-refractivity contribution in [2.24, 2.45) is 0 Å². The molecule has 0 unspecified atom stereocenters. The number of rotatable bonds is 5. The molecule has 0 aliphatic heterocycles. The fourth-order valence-corrected chi connectivity index (χ4v) is 2.87. The molecule has 5 nitrogen and oxygen atoms in total. The van der Waals surface area contributed by atoms with Gasteiger partial charge in [0, 0.05) is 24.7 Å². The molecule has 1 fully saturated rings. The highest BCUT2D eigenvalue weighted by molar-refractivity contribution is 5.40. The third-order valence-corrected chi connectivity index (χ3v) is 4.04. The quantitative estimate of drug-likeness (QED) is 0.497. The molecular formula is C15H21FN2O3. The van der Waals surface area contributed by atoms with E-state index in [9.17, 15) is 19.6 Å². The number of aliphatic hydroxyl groups is 1. The summed E-state index contributed by atoms with van der Waals surface area (Å²) in [6.45, 7) is 0.553. The Morgan fingerprint density at radius 1 is 1.29 bits per heavy atom. The molecule has 0 spiro atoms. The smallest absolute Gasteiger partial charge is 0.274 e. The van der Waals surface area contributed by atoms with E-state index in [0.717, 1.165) is 44.6 Å². The molecule has 0 radical (unpaired) electrons. The van der Waals surface area contributed by atoms with Crippen molar-refractivity contribution in [3.8, 4) is 0 Å². The minimum atomic E-state index is -0.751. The third kappa shape index (κ3) is 4.47. The van der Waals surface area contributed by atoms with E-state index in [4.69, 9.17) is 0 Å². The minimum Gasteiger partial charge on any atom is -0.389 e. The lowest BCUT2D eigenvalue weighted by Crippen LogP contribution is -2.40. The SMILES string of the molecule is O=[N+]([O-])c1ccc(F)cc1CNCC1(O)CCCCCC1. The number of nitro benzene ring substituents is 1. The number of nitrogens with zero attached hydrogens (tertiary/aromatic N) is 1. The predicted molar refractivity (Wildman–Crippen MR) is 77.4 cm³/mol. The van der Waals surface area contributed by atoms with Crippen LogP contribution in [0.25, 0.3) is 0 Å². The van der Waals surface area contributed by atoms with E-state index in [0.29, 0.717) is 12.1 Å². The van der Waals surface area contributed by atoms with Crippen LogP contribution in [-0.4, -0.2) is 22.2 Å². The van der Waals surface area contributed by atoms with Gasteiger partial charge in [0.2, 0.25) is 0 Å². The van der Waals surface area contributed by atoms with Crippen LogP contribution >= 0.6 is 0 Å². The molecule has 1 saturated carbocycles. The van der Waals surface area contributed by atoms with Gasteiger partial charge in [-0.3, -0.25) is 10.1 Å². The fourth-order valence-electron chi connectivity index (χ4n) is 2.87. The van der Waals surface area contributed by atoms with Crippen molar-refractivity contribution in [3.05, 3.63) is 39.7 Å². The highest BCUT2D eigenvalue weighted by Crippen LogP contribution is 2.26. The molecule has 1 aromatic carbocycles. The van der Waals surface area contributed by atoms with Gasteiger partial charge in [0.25, 0.3) is 5.69 Å². The summed E-state index contributed by atoms with van der Waals surface area (Å²) in [6.07, 6.45) is 5.75. The minimum absolute atomic E-state index is 0.100. The second-order valence-electron chi connectivity index (χ2n) is 5.77. The Morgan fingerprint density at radius 2 is 1.95 bits per heavy atom. The predicted octanol–water partition coefficient (Wildman–Crippen LogP) is 2.91. The van der Waals surface area contributed by atoms with E-state index in [2.05, 4.69) is 5.32 Å². The average molecular weight is 296 g/mol. The van der Waals surface area contributed by atoms with Crippen molar-refractivity contribution in [1.29, 1.82) is 0 Å². The van der Waals surface area contributed by atoms with Gasteiger partial charge in [0.1, 0.15) is 5.82 Å². The molecule has 6 heteroatoms. The van der Waals surface area contributed by atoms with Crippen LogP contribution < -0.4 is 5.32 Å². The Labute approximate surface area is 123 Å². The highest BCUT2D eigenvalue weighted by Gasteiger charge is 2.27. The number of halogens is 1. The first-order valence-corrected chi connectivity index (χ1v) is 7.36. The molecule has 21 heavy (non-hydrogen) atoms. The van der Waals surface area contributed by atoms with Crippen molar-refractivity contribution in [1.82, 2.24) is 5.32 Å². The van der Waals surface area contributed by atoms with E-state index >= 15 is 0 Å². The summed E-state index contributed by atoms with van der Waals surface area (Å²) in [5.74, 6) is -0.495. The first-order valence-electron chi connectivity index (χ1n) is 7.36. The summed E-state index contributed by atoms with van der Waals surface area (Å²) in [4.78, 5) is 10.4. The van der Waals surface area contributed by atoms with E-state index in [-0.39, 0.29) is 12.2 Å². The highest BCUT2D eigenvalue weighted by atomic mass is 19.1. The lowest BCUT2D eigenvalue weighted by molar-refractivity contribution is -0.385. The molecule has 1 aliphatic carbocycles. The number of hydrogen-bond donors (Lipinski definition) is 2. The van der Waals surface area contributed by atoms with Crippen LogP contribution in [0.1, 0.15) is 44.1 Å². The monoisotopic (exact) mass is 296 g/mol. The van der Waals surface area contributed by atoms with Crippen molar-refractivity contribution in [2.45, 2.75) is 50.7 Å². The summed E-state index contributed by atoms with van der Waals surface area (Å²) in [7, 11) is 0. The third-order valence-electron chi connectivity index (χ3n) is 4.04. The molecule has 2 N–H and O–H groups in total. The Morgan fingerprint density at radius 3 is 2.57 bits per heavy atom.